The van der Waals surface area contributed by atoms with E-state index < -0.39 is 0 Å². The number of amides is 1. The van der Waals surface area contributed by atoms with E-state index in [1.54, 1.807) is 24.3 Å². The summed E-state index contributed by atoms with van der Waals surface area (Å²) in [7, 11) is 0. The van der Waals surface area contributed by atoms with E-state index in [1.165, 1.54) is 6.39 Å². The van der Waals surface area contributed by atoms with Gasteiger partial charge in [-0.2, -0.15) is 0 Å². The number of carbonyl (C=O) groups is 1. The smallest absolute Gasteiger partial charge is 0.251 e. The lowest BCUT2D eigenvalue weighted by atomic mass is 10.2. The Kier molecular flexibility index (Phi) is 3.39. The summed E-state index contributed by atoms with van der Waals surface area (Å²) < 4.78 is 5.22. The van der Waals surface area contributed by atoms with Gasteiger partial charge in [0.15, 0.2) is 12.0 Å². The molecular formula is C15H11ClN2O2. The Labute approximate surface area is 120 Å². The number of nitrogens with zero attached hydrogens (tertiary/aromatic N) is 1. The van der Waals surface area contributed by atoms with Crippen LogP contribution in [0.25, 0.3) is 11.1 Å². The van der Waals surface area contributed by atoms with Crippen molar-refractivity contribution in [2.24, 2.45) is 0 Å². The first-order valence-electron chi connectivity index (χ1n) is 6.08. The summed E-state index contributed by atoms with van der Waals surface area (Å²) in [5.74, 6) is -0.162. The quantitative estimate of drug-likeness (QED) is 0.803. The molecule has 0 bridgehead atoms. The third kappa shape index (κ3) is 2.65. The van der Waals surface area contributed by atoms with Crippen LogP contribution in [0, 0.1) is 0 Å². The second-order valence-corrected chi connectivity index (χ2v) is 4.78. The van der Waals surface area contributed by atoms with E-state index in [-0.39, 0.29) is 5.91 Å². The molecule has 1 amide bonds. The molecule has 0 aliphatic heterocycles. The van der Waals surface area contributed by atoms with Gasteiger partial charge in [-0.15, -0.1) is 0 Å². The van der Waals surface area contributed by atoms with Crippen LogP contribution >= 0.6 is 11.6 Å². The minimum atomic E-state index is -0.162. The summed E-state index contributed by atoms with van der Waals surface area (Å²) in [4.78, 5) is 16.0. The lowest BCUT2D eigenvalue weighted by Crippen LogP contribution is -2.22. The zero-order chi connectivity index (χ0) is 13.9. The first-order valence-corrected chi connectivity index (χ1v) is 6.46. The molecule has 0 saturated heterocycles. The van der Waals surface area contributed by atoms with Gasteiger partial charge < -0.3 is 9.73 Å². The van der Waals surface area contributed by atoms with Crippen LogP contribution in [0.5, 0.6) is 0 Å². The summed E-state index contributed by atoms with van der Waals surface area (Å²) in [6.45, 7) is 0.419. The zero-order valence-electron chi connectivity index (χ0n) is 10.5. The van der Waals surface area contributed by atoms with Gasteiger partial charge in [0.05, 0.1) is 0 Å². The average molecular weight is 287 g/mol. The standard InChI is InChI=1S/C15H11ClN2O2/c16-12-3-1-2-11(7-12)15(19)17-8-10-4-5-13-14(6-10)20-9-18-13/h1-7,9H,8H2,(H,17,19). The third-order valence-corrected chi connectivity index (χ3v) is 3.17. The SMILES string of the molecule is O=C(NCc1ccc2ncoc2c1)c1cccc(Cl)c1. The molecule has 4 nitrogen and oxygen atoms in total. The van der Waals surface area contributed by atoms with Gasteiger partial charge in [-0.05, 0) is 35.9 Å². The molecule has 3 rings (SSSR count). The monoisotopic (exact) mass is 286 g/mol. The molecule has 0 unspecified atom stereocenters. The number of benzene rings is 2. The highest BCUT2D eigenvalue weighted by atomic mass is 35.5. The molecule has 0 spiro atoms. The van der Waals surface area contributed by atoms with Gasteiger partial charge in [0, 0.05) is 17.1 Å². The van der Waals surface area contributed by atoms with Crippen LogP contribution in [0.3, 0.4) is 0 Å². The van der Waals surface area contributed by atoms with Gasteiger partial charge in [-0.3, -0.25) is 4.79 Å². The number of fused-ring (bicyclic) bond motifs is 1. The van der Waals surface area contributed by atoms with Crippen molar-refractivity contribution in [3.8, 4) is 0 Å². The highest BCUT2D eigenvalue weighted by molar-refractivity contribution is 6.30. The molecule has 3 aromatic rings. The van der Waals surface area contributed by atoms with Crippen molar-refractivity contribution in [3.63, 3.8) is 0 Å². The Balaban J connectivity index is 1.71. The minimum Gasteiger partial charge on any atom is -0.443 e. The number of aromatic nitrogens is 1. The Morgan fingerprint density at radius 2 is 2.15 bits per heavy atom. The van der Waals surface area contributed by atoms with E-state index in [2.05, 4.69) is 10.3 Å². The molecule has 0 fully saturated rings. The summed E-state index contributed by atoms with van der Waals surface area (Å²) >= 11 is 5.86. The second-order valence-electron chi connectivity index (χ2n) is 4.35. The molecule has 100 valence electrons. The minimum absolute atomic E-state index is 0.162. The van der Waals surface area contributed by atoms with Crippen LogP contribution in [0.4, 0.5) is 0 Å². The van der Waals surface area contributed by atoms with Crippen LogP contribution < -0.4 is 5.32 Å². The number of oxazole rings is 1. The maximum atomic E-state index is 12.0. The van der Waals surface area contributed by atoms with Gasteiger partial charge in [0.2, 0.25) is 0 Å². The molecule has 0 aliphatic rings. The van der Waals surface area contributed by atoms with Crippen molar-refractivity contribution in [1.82, 2.24) is 10.3 Å². The van der Waals surface area contributed by atoms with Gasteiger partial charge >= 0.3 is 0 Å². The number of hydrogen-bond donors (Lipinski definition) is 1. The second kappa shape index (κ2) is 5.35. The van der Waals surface area contributed by atoms with Crippen LogP contribution in [0.15, 0.2) is 53.3 Å². The molecule has 0 saturated carbocycles. The van der Waals surface area contributed by atoms with Crippen LogP contribution in [0.2, 0.25) is 5.02 Å². The normalized spacial score (nSPS) is 10.7. The number of rotatable bonds is 3. The molecule has 0 aliphatic carbocycles. The van der Waals surface area contributed by atoms with E-state index >= 15 is 0 Å². The van der Waals surface area contributed by atoms with Gasteiger partial charge in [-0.1, -0.05) is 23.7 Å². The summed E-state index contributed by atoms with van der Waals surface area (Å²) in [5, 5.41) is 3.38. The Morgan fingerprint density at radius 1 is 1.25 bits per heavy atom. The lowest BCUT2D eigenvalue weighted by molar-refractivity contribution is 0.0951. The van der Waals surface area contributed by atoms with Gasteiger partial charge in [0.1, 0.15) is 5.52 Å². The van der Waals surface area contributed by atoms with Crippen LogP contribution in [0.1, 0.15) is 15.9 Å². The summed E-state index contributed by atoms with van der Waals surface area (Å²) in [5.41, 5.74) is 3.00. The van der Waals surface area contributed by atoms with E-state index in [4.69, 9.17) is 16.0 Å². The summed E-state index contributed by atoms with van der Waals surface area (Å²) in [6.07, 6.45) is 1.40. The molecule has 0 atom stereocenters. The molecule has 1 N–H and O–H groups in total. The Morgan fingerprint density at radius 3 is 3.00 bits per heavy atom. The topological polar surface area (TPSA) is 55.1 Å². The molecule has 2 aromatic carbocycles. The van der Waals surface area contributed by atoms with Crippen molar-refractivity contribution in [3.05, 3.63) is 65.0 Å². The predicted molar refractivity (Wildman–Crippen MR) is 76.6 cm³/mol. The number of nitrogens with one attached hydrogen (secondary N) is 1. The Hall–Kier alpha value is -2.33. The van der Waals surface area contributed by atoms with Crippen molar-refractivity contribution in [1.29, 1.82) is 0 Å². The zero-order valence-corrected chi connectivity index (χ0v) is 11.2. The van der Waals surface area contributed by atoms with E-state index in [9.17, 15) is 4.79 Å². The van der Waals surface area contributed by atoms with Crippen LogP contribution in [-0.2, 0) is 6.54 Å². The van der Waals surface area contributed by atoms with Gasteiger partial charge in [-0.25, -0.2) is 4.98 Å². The van der Waals surface area contributed by atoms with E-state index in [0.717, 1.165) is 11.1 Å². The number of carbonyl (C=O) groups excluding carboxylic acids is 1. The lowest BCUT2D eigenvalue weighted by Gasteiger charge is -2.05. The fourth-order valence-corrected chi connectivity index (χ4v) is 2.11. The third-order valence-electron chi connectivity index (χ3n) is 2.94. The highest BCUT2D eigenvalue weighted by Gasteiger charge is 2.06. The molecule has 1 heterocycles. The predicted octanol–water partition coefficient (Wildman–Crippen LogP) is 3.41. The van der Waals surface area contributed by atoms with Gasteiger partial charge in [0.25, 0.3) is 5.91 Å². The average Bonchev–Trinajstić information content (AvgIpc) is 2.92. The van der Waals surface area contributed by atoms with Crippen LogP contribution in [-0.4, -0.2) is 10.9 Å². The first-order chi connectivity index (χ1) is 9.72. The van der Waals surface area contributed by atoms with Crippen molar-refractivity contribution in [2.75, 3.05) is 0 Å². The maximum Gasteiger partial charge on any atom is 0.251 e. The molecular weight excluding hydrogens is 276 g/mol. The number of halogens is 1. The van der Waals surface area contributed by atoms with Crippen molar-refractivity contribution < 1.29 is 9.21 Å². The first kappa shape index (κ1) is 12.7. The molecule has 20 heavy (non-hydrogen) atoms. The molecule has 1 aromatic heterocycles. The Bertz CT molecular complexity index is 767. The highest BCUT2D eigenvalue weighted by Crippen LogP contribution is 2.14. The fraction of sp³-hybridized carbons (Fsp3) is 0.0667. The summed E-state index contributed by atoms with van der Waals surface area (Å²) in [6, 6.07) is 12.5. The van der Waals surface area contributed by atoms with Crippen molar-refractivity contribution in [2.45, 2.75) is 6.54 Å². The molecule has 5 heteroatoms. The van der Waals surface area contributed by atoms with E-state index in [1.807, 2.05) is 18.2 Å². The molecule has 0 radical (unpaired) electrons. The van der Waals surface area contributed by atoms with E-state index in [0.29, 0.717) is 22.7 Å². The largest absolute Gasteiger partial charge is 0.443 e. The van der Waals surface area contributed by atoms with Crippen molar-refractivity contribution >= 4 is 28.6 Å². The fourth-order valence-electron chi connectivity index (χ4n) is 1.92. The maximum absolute atomic E-state index is 12.0. The number of hydrogen-bond acceptors (Lipinski definition) is 3.